The summed E-state index contributed by atoms with van der Waals surface area (Å²) < 4.78 is 5.29. The van der Waals surface area contributed by atoms with Gasteiger partial charge in [-0.25, -0.2) is 0 Å². The van der Waals surface area contributed by atoms with Gasteiger partial charge in [0.2, 0.25) is 5.91 Å². The number of nitrogens with one attached hydrogen (secondary N) is 1. The van der Waals surface area contributed by atoms with Gasteiger partial charge in [-0.3, -0.25) is 4.79 Å². The van der Waals surface area contributed by atoms with Crippen LogP contribution in [0.15, 0.2) is 0 Å². The normalized spacial score (nSPS) is 22.2. The van der Waals surface area contributed by atoms with Crippen LogP contribution in [0, 0.1) is 5.41 Å². The Kier molecular flexibility index (Phi) is 6.42. The highest BCUT2D eigenvalue weighted by Gasteiger charge is 2.39. The zero-order valence-electron chi connectivity index (χ0n) is 11.1. The van der Waals surface area contributed by atoms with Gasteiger partial charge < -0.3 is 20.9 Å². The van der Waals surface area contributed by atoms with E-state index in [2.05, 4.69) is 5.32 Å². The molecule has 1 aliphatic rings. The number of aliphatic hydroxyl groups is 1. The maximum absolute atomic E-state index is 12.4. The van der Waals surface area contributed by atoms with Crippen molar-refractivity contribution in [2.24, 2.45) is 11.1 Å². The van der Waals surface area contributed by atoms with Crippen molar-refractivity contribution in [3.05, 3.63) is 0 Å². The Hall–Kier alpha value is -0.300. The zero-order chi connectivity index (χ0) is 13.6. The fourth-order valence-corrected chi connectivity index (χ4v) is 2.80. The van der Waals surface area contributed by atoms with Crippen LogP contribution in [0.25, 0.3) is 0 Å². The van der Waals surface area contributed by atoms with Gasteiger partial charge in [-0.2, -0.15) is 11.8 Å². The van der Waals surface area contributed by atoms with Crippen molar-refractivity contribution in [3.8, 4) is 0 Å². The molecule has 2 atom stereocenters. The van der Waals surface area contributed by atoms with Crippen molar-refractivity contribution in [2.45, 2.75) is 31.1 Å². The van der Waals surface area contributed by atoms with Crippen molar-refractivity contribution in [1.82, 2.24) is 5.32 Å². The highest BCUT2D eigenvalue weighted by molar-refractivity contribution is 7.99. The van der Waals surface area contributed by atoms with Crippen LogP contribution in [-0.2, 0) is 9.53 Å². The molecular weight excluding hydrogens is 252 g/mol. The Morgan fingerprint density at radius 3 is 2.61 bits per heavy atom. The molecule has 1 amide bonds. The number of rotatable bonds is 6. The number of aliphatic hydroxyl groups excluding tert-OH is 1. The monoisotopic (exact) mass is 276 g/mol. The number of amides is 1. The smallest absolute Gasteiger partial charge is 0.227 e. The summed E-state index contributed by atoms with van der Waals surface area (Å²) in [5.41, 5.74) is 5.29. The van der Waals surface area contributed by atoms with Crippen molar-refractivity contribution in [2.75, 3.05) is 32.6 Å². The number of carbonyl (C=O) groups excluding carboxylic acids is 1. The van der Waals surface area contributed by atoms with Gasteiger partial charge in [0.15, 0.2) is 0 Å². The van der Waals surface area contributed by atoms with Gasteiger partial charge in [-0.1, -0.05) is 0 Å². The number of thioether (sulfide) groups is 1. The molecule has 0 bridgehead atoms. The van der Waals surface area contributed by atoms with Crippen LogP contribution in [0.2, 0.25) is 0 Å². The molecule has 1 saturated heterocycles. The third-order valence-corrected chi connectivity index (χ3v) is 4.88. The average Bonchev–Trinajstić information content (AvgIpc) is 2.40. The van der Waals surface area contributed by atoms with Gasteiger partial charge in [-0.15, -0.1) is 0 Å². The predicted molar refractivity (Wildman–Crippen MR) is 73.5 cm³/mol. The minimum Gasteiger partial charge on any atom is -0.395 e. The second kappa shape index (κ2) is 7.33. The molecule has 1 heterocycles. The van der Waals surface area contributed by atoms with Gasteiger partial charge in [0, 0.05) is 31.1 Å². The van der Waals surface area contributed by atoms with Crippen LogP contribution < -0.4 is 11.1 Å². The predicted octanol–water partition coefficient (Wildman–Crippen LogP) is -0.0295. The molecule has 0 aromatic heterocycles. The second-order valence-electron chi connectivity index (χ2n) is 4.82. The van der Waals surface area contributed by atoms with Gasteiger partial charge in [0.25, 0.3) is 0 Å². The molecule has 18 heavy (non-hydrogen) atoms. The summed E-state index contributed by atoms with van der Waals surface area (Å²) in [6.07, 6.45) is 3.27. The Labute approximate surface area is 113 Å². The summed E-state index contributed by atoms with van der Waals surface area (Å²) in [6.45, 7) is 3.49. The molecule has 0 radical (unpaired) electrons. The van der Waals surface area contributed by atoms with E-state index in [9.17, 15) is 9.90 Å². The molecule has 0 aromatic rings. The molecule has 0 aromatic carbocycles. The Morgan fingerprint density at radius 2 is 2.17 bits per heavy atom. The molecule has 0 saturated carbocycles. The van der Waals surface area contributed by atoms with Gasteiger partial charge >= 0.3 is 0 Å². The molecule has 1 rings (SSSR count). The van der Waals surface area contributed by atoms with E-state index in [0.717, 1.165) is 0 Å². The topological polar surface area (TPSA) is 84.6 Å². The van der Waals surface area contributed by atoms with Crippen LogP contribution >= 0.6 is 11.8 Å². The summed E-state index contributed by atoms with van der Waals surface area (Å²) in [6, 6.07) is -0.0660. The Morgan fingerprint density at radius 1 is 1.56 bits per heavy atom. The van der Waals surface area contributed by atoms with E-state index < -0.39 is 5.41 Å². The number of ether oxygens (including phenoxy) is 1. The minimum atomic E-state index is -0.495. The Balaban J connectivity index is 2.61. The average molecular weight is 276 g/mol. The second-order valence-corrected chi connectivity index (χ2v) is 5.89. The standard InChI is InChI=1S/C12H24N2O3S/c1-9(10(7-15)18-2)14-11(16)12(8-13)3-5-17-6-4-12/h9-10,15H,3-8,13H2,1-2H3,(H,14,16). The molecule has 6 heteroatoms. The number of nitrogens with two attached hydrogens (primary N) is 1. The number of hydrogen-bond acceptors (Lipinski definition) is 5. The fourth-order valence-electron chi connectivity index (χ4n) is 2.18. The van der Waals surface area contributed by atoms with Crippen LogP contribution in [0.3, 0.4) is 0 Å². The SMILES string of the molecule is CSC(CO)C(C)NC(=O)C1(CN)CCOCC1. The summed E-state index contributed by atoms with van der Waals surface area (Å²) in [7, 11) is 0. The maximum Gasteiger partial charge on any atom is 0.227 e. The van der Waals surface area contributed by atoms with Crippen LogP contribution in [0.5, 0.6) is 0 Å². The lowest BCUT2D eigenvalue weighted by Crippen LogP contribution is -2.53. The van der Waals surface area contributed by atoms with Gasteiger partial charge in [-0.05, 0) is 26.0 Å². The van der Waals surface area contributed by atoms with E-state index in [1.165, 1.54) is 0 Å². The summed E-state index contributed by atoms with van der Waals surface area (Å²) in [4.78, 5) is 12.4. The molecule has 0 aliphatic carbocycles. The fraction of sp³-hybridized carbons (Fsp3) is 0.917. The van der Waals surface area contributed by atoms with Crippen molar-refractivity contribution in [1.29, 1.82) is 0 Å². The lowest BCUT2D eigenvalue weighted by Gasteiger charge is -2.36. The summed E-state index contributed by atoms with van der Waals surface area (Å²) in [5, 5.41) is 12.2. The first kappa shape index (κ1) is 15.8. The van der Waals surface area contributed by atoms with E-state index >= 15 is 0 Å². The first-order valence-electron chi connectivity index (χ1n) is 6.32. The van der Waals surface area contributed by atoms with Crippen molar-refractivity contribution in [3.63, 3.8) is 0 Å². The summed E-state index contributed by atoms with van der Waals surface area (Å²) >= 11 is 1.55. The molecule has 106 valence electrons. The molecule has 1 fully saturated rings. The van der Waals surface area contributed by atoms with Crippen LogP contribution in [0.1, 0.15) is 19.8 Å². The molecule has 2 unspecified atom stereocenters. The van der Waals surface area contributed by atoms with Crippen LogP contribution in [0.4, 0.5) is 0 Å². The van der Waals surface area contributed by atoms with E-state index in [1.54, 1.807) is 11.8 Å². The number of carbonyl (C=O) groups is 1. The van der Waals surface area contributed by atoms with Crippen LogP contribution in [-0.4, -0.2) is 54.9 Å². The van der Waals surface area contributed by atoms with E-state index in [0.29, 0.717) is 32.6 Å². The maximum atomic E-state index is 12.4. The lowest BCUT2D eigenvalue weighted by molar-refractivity contribution is -0.136. The van der Waals surface area contributed by atoms with Crippen molar-refractivity contribution >= 4 is 17.7 Å². The quantitative estimate of drug-likeness (QED) is 0.634. The minimum absolute atomic E-state index is 0.00620. The largest absolute Gasteiger partial charge is 0.395 e. The first-order chi connectivity index (χ1) is 8.59. The summed E-state index contributed by atoms with van der Waals surface area (Å²) in [5.74, 6) is -0.00620. The zero-order valence-corrected chi connectivity index (χ0v) is 12.0. The third-order valence-electron chi connectivity index (χ3n) is 3.72. The molecular formula is C12H24N2O3S. The molecule has 1 aliphatic heterocycles. The molecule has 0 spiro atoms. The van der Waals surface area contributed by atoms with Crippen molar-refractivity contribution < 1.29 is 14.6 Å². The highest BCUT2D eigenvalue weighted by Crippen LogP contribution is 2.30. The Bertz CT molecular complexity index is 266. The molecule has 4 N–H and O–H groups in total. The highest BCUT2D eigenvalue weighted by atomic mass is 32.2. The third kappa shape index (κ3) is 3.60. The number of hydrogen-bond donors (Lipinski definition) is 3. The van der Waals surface area contributed by atoms with Gasteiger partial charge in [0.1, 0.15) is 0 Å². The first-order valence-corrected chi connectivity index (χ1v) is 7.61. The van der Waals surface area contributed by atoms with Gasteiger partial charge in [0.05, 0.1) is 12.0 Å². The van der Waals surface area contributed by atoms with E-state index in [-0.39, 0.29) is 23.8 Å². The lowest BCUT2D eigenvalue weighted by atomic mass is 9.79. The van der Waals surface area contributed by atoms with E-state index in [4.69, 9.17) is 10.5 Å². The molecule has 5 nitrogen and oxygen atoms in total. The van der Waals surface area contributed by atoms with E-state index in [1.807, 2.05) is 13.2 Å².